The number of methoxy groups -OCH3 is 1. The first-order chi connectivity index (χ1) is 14.0. The molecule has 1 aliphatic heterocycles. The van der Waals surface area contributed by atoms with Crippen molar-refractivity contribution >= 4 is 15.7 Å². The molecule has 1 aliphatic rings. The van der Waals surface area contributed by atoms with Crippen molar-refractivity contribution in [3.8, 4) is 11.5 Å². The summed E-state index contributed by atoms with van der Waals surface area (Å²) in [7, 11) is -1.92. The molecule has 0 aliphatic carbocycles. The lowest BCUT2D eigenvalue weighted by Crippen LogP contribution is -2.48. The largest absolute Gasteiger partial charge is 0.495 e. The standard InChI is InChI=1S/C21H29N3O4S/c1-3-28-20-10-6-7-11-21(20)29(25,26)22-12-13-23-14-16-24(17-15-23)18-8-4-5-9-19(18)27-2/h4-11,22H,3,12-17H2,1-2H3. The van der Waals surface area contributed by atoms with E-state index in [1.165, 1.54) is 0 Å². The first-order valence-electron chi connectivity index (χ1n) is 9.87. The molecule has 0 aromatic heterocycles. The highest BCUT2D eigenvalue weighted by atomic mass is 32.2. The number of benzene rings is 2. The monoisotopic (exact) mass is 419 g/mol. The van der Waals surface area contributed by atoms with Crippen LogP contribution in [0.2, 0.25) is 0 Å². The Hall–Kier alpha value is -2.29. The van der Waals surface area contributed by atoms with Crippen LogP contribution in [0.25, 0.3) is 0 Å². The number of hydrogen-bond donors (Lipinski definition) is 1. The average molecular weight is 420 g/mol. The van der Waals surface area contributed by atoms with Gasteiger partial charge in [-0.25, -0.2) is 13.1 Å². The summed E-state index contributed by atoms with van der Waals surface area (Å²) in [6, 6.07) is 14.7. The van der Waals surface area contributed by atoms with Gasteiger partial charge >= 0.3 is 0 Å². The van der Waals surface area contributed by atoms with Crippen molar-refractivity contribution in [2.24, 2.45) is 0 Å². The molecule has 1 N–H and O–H groups in total. The Labute approximate surface area is 173 Å². The van der Waals surface area contributed by atoms with Crippen molar-refractivity contribution in [1.29, 1.82) is 0 Å². The van der Waals surface area contributed by atoms with Gasteiger partial charge in [-0.2, -0.15) is 0 Å². The van der Waals surface area contributed by atoms with Crippen molar-refractivity contribution in [3.05, 3.63) is 48.5 Å². The molecule has 3 rings (SSSR count). The van der Waals surface area contributed by atoms with Gasteiger partial charge in [0.2, 0.25) is 10.0 Å². The fraction of sp³-hybridized carbons (Fsp3) is 0.429. The van der Waals surface area contributed by atoms with Gasteiger partial charge in [-0.05, 0) is 31.2 Å². The molecule has 2 aromatic carbocycles. The van der Waals surface area contributed by atoms with Gasteiger partial charge in [0.25, 0.3) is 0 Å². The van der Waals surface area contributed by atoms with Crippen molar-refractivity contribution in [2.45, 2.75) is 11.8 Å². The van der Waals surface area contributed by atoms with Crippen molar-refractivity contribution in [2.75, 3.05) is 57.9 Å². The van der Waals surface area contributed by atoms with E-state index in [1.54, 1.807) is 31.4 Å². The van der Waals surface area contributed by atoms with Crippen LogP contribution in [0.1, 0.15) is 6.92 Å². The van der Waals surface area contributed by atoms with Crippen LogP contribution in [0.3, 0.4) is 0 Å². The van der Waals surface area contributed by atoms with Gasteiger partial charge in [-0.1, -0.05) is 24.3 Å². The Balaban J connectivity index is 1.51. The van der Waals surface area contributed by atoms with Gasteiger partial charge in [-0.3, -0.25) is 4.90 Å². The number of para-hydroxylation sites is 3. The minimum absolute atomic E-state index is 0.183. The van der Waals surface area contributed by atoms with E-state index in [1.807, 2.05) is 25.1 Å². The highest BCUT2D eigenvalue weighted by Gasteiger charge is 2.21. The summed E-state index contributed by atoms with van der Waals surface area (Å²) in [5.74, 6) is 1.26. The molecule has 158 valence electrons. The number of anilines is 1. The summed E-state index contributed by atoms with van der Waals surface area (Å²) < 4.78 is 38.9. The molecule has 0 bridgehead atoms. The zero-order valence-corrected chi connectivity index (χ0v) is 17.8. The lowest BCUT2D eigenvalue weighted by atomic mass is 10.2. The van der Waals surface area contributed by atoms with Crippen molar-refractivity contribution < 1.29 is 17.9 Å². The maximum Gasteiger partial charge on any atom is 0.244 e. The van der Waals surface area contributed by atoms with E-state index in [-0.39, 0.29) is 4.90 Å². The second-order valence-electron chi connectivity index (χ2n) is 6.78. The third-order valence-electron chi connectivity index (χ3n) is 4.96. The van der Waals surface area contributed by atoms with Crippen LogP contribution in [0.4, 0.5) is 5.69 Å². The molecule has 1 fully saturated rings. The minimum Gasteiger partial charge on any atom is -0.495 e. The predicted molar refractivity (Wildman–Crippen MR) is 114 cm³/mol. The number of nitrogens with one attached hydrogen (secondary N) is 1. The Morgan fingerprint density at radius 2 is 1.62 bits per heavy atom. The second kappa shape index (κ2) is 9.96. The zero-order valence-electron chi connectivity index (χ0n) is 17.0. The highest BCUT2D eigenvalue weighted by molar-refractivity contribution is 7.89. The van der Waals surface area contributed by atoms with E-state index in [0.717, 1.165) is 37.6 Å². The van der Waals surface area contributed by atoms with Gasteiger partial charge in [-0.15, -0.1) is 0 Å². The number of nitrogens with zero attached hydrogens (tertiary/aromatic N) is 2. The average Bonchev–Trinajstić information content (AvgIpc) is 2.75. The molecule has 1 heterocycles. The van der Waals surface area contributed by atoms with Gasteiger partial charge in [0, 0.05) is 39.3 Å². The Morgan fingerprint density at radius 3 is 2.31 bits per heavy atom. The van der Waals surface area contributed by atoms with E-state index >= 15 is 0 Å². The van der Waals surface area contributed by atoms with Crippen LogP contribution in [-0.2, 0) is 10.0 Å². The number of ether oxygens (including phenoxy) is 2. The topological polar surface area (TPSA) is 71.1 Å². The molecular weight excluding hydrogens is 390 g/mol. The van der Waals surface area contributed by atoms with Gasteiger partial charge in [0.05, 0.1) is 19.4 Å². The quantitative estimate of drug-likeness (QED) is 0.672. The molecule has 0 unspecified atom stereocenters. The van der Waals surface area contributed by atoms with E-state index in [2.05, 4.69) is 20.6 Å². The number of hydrogen-bond acceptors (Lipinski definition) is 6. The molecule has 1 saturated heterocycles. The number of sulfonamides is 1. The maximum absolute atomic E-state index is 12.6. The van der Waals surface area contributed by atoms with Crippen LogP contribution in [0, 0.1) is 0 Å². The molecule has 7 nitrogen and oxygen atoms in total. The Kier molecular flexibility index (Phi) is 7.35. The second-order valence-corrected chi connectivity index (χ2v) is 8.51. The van der Waals surface area contributed by atoms with Crippen LogP contribution >= 0.6 is 0 Å². The summed E-state index contributed by atoms with van der Waals surface area (Å²) in [4.78, 5) is 4.75. The number of rotatable bonds is 9. The van der Waals surface area contributed by atoms with E-state index < -0.39 is 10.0 Å². The van der Waals surface area contributed by atoms with Gasteiger partial charge in [0.1, 0.15) is 16.4 Å². The molecule has 0 saturated carbocycles. The normalized spacial score (nSPS) is 15.3. The first kappa shape index (κ1) is 21.4. The van der Waals surface area contributed by atoms with Crippen molar-refractivity contribution in [1.82, 2.24) is 9.62 Å². The summed E-state index contributed by atoms with van der Waals surface area (Å²) in [6.07, 6.45) is 0. The highest BCUT2D eigenvalue weighted by Crippen LogP contribution is 2.28. The van der Waals surface area contributed by atoms with Gasteiger partial charge < -0.3 is 14.4 Å². The molecule has 0 atom stereocenters. The van der Waals surface area contributed by atoms with Crippen LogP contribution < -0.4 is 19.1 Å². The van der Waals surface area contributed by atoms with E-state index in [0.29, 0.717) is 25.4 Å². The fourth-order valence-corrected chi connectivity index (χ4v) is 4.63. The zero-order chi connectivity index (χ0) is 20.7. The molecule has 0 spiro atoms. The third kappa shape index (κ3) is 5.41. The SMILES string of the molecule is CCOc1ccccc1S(=O)(=O)NCCN1CCN(c2ccccc2OC)CC1. The molecular formula is C21H29N3O4S. The fourth-order valence-electron chi connectivity index (χ4n) is 3.47. The molecule has 0 radical (unpaired) electrons. The molecule has 0 amide bonds. The lowest BCUT2D eigenvalue weighted by molar-refractivity contribution is 0.261. The summed E-state index contributed by atoms with van der Waals surface area (Å²) in [5, 5.41) is 0. The predicted octanol–water partition coefficient (Wildman–Crippen LogP) is 2.19. The molecule has 8 heteroatoms. The lowest BCUT2D eigenvalue weighted by Gasteiger charge is -2.36. The van der Waals surface area contributed by atoms with Crippen molar-refractivity contribution in [3.63, 3.8) is 0 Å². The van der Waals surface area contributed by atoms with Gasteiger partial charge in [0.15, 0.2) is 0 Å². The first-order valence-corrected chi connectivity index (χ1v) is 11.4. The van der Waals surface area contributed by atoms with Crippen LogP contribution in [0.5, 0.6) is 11.5 Å². The minimum atomic E-state index is -3.61. The smallest absolute Gasteiger partial charge is 0.244 e. The third-order valence-corrected chi connectivity index (χ3v) is 6.46. The Morgan fingerprint density at radius 1 is 0.966 bits per heavy atom. The molecule has 2 aromatic rings. The Bertz CT molecular complexity index is 896. The van der Waals surface area contributed by atoms with Crippen LogP contribution in [0.15, 0.2) is 53.4 Å². The van der Waals surface area contributed by atoms with E-state index in [9.17, 15) is 8.42 Å². The maximum atomic E-state index is 12.6. The molecule has 29 heavy (non-hydrogen) atoms. The summed E-state index contributed by atoms with van der Waals surface area (Å²) in [6.45, 7) is 6.77. The van der Waals surface area contributed by atoms with E-state index in [4.69, 9.17) is 9.47 Å². The summed E-state index contributed by atoms with van der Waals surface area (Å²) in [5.41, 5.74) is 1.10. The summed E-state index contributed by atoms with van der Waals surface area (Å²) >= 11 is 0. The van der Waals surface area contributed by atoms with Crippen LogP contribution in [-0.4, -0.2) is 66.3 Å². The number of piperazine rings is 1.